The number of nitrogens with one attached hydrogen (secondary N) is 1. The third kappa shape index (κ3) is 5.52. The maximum absolute atomic E-state index is 13.9. The maximum atomic E-state index is 13.9. The molecule has 0 fully saturated rings. The minimum absolute atomic E-state index is 0.00592. The Balaban J connectivity index is 1.50. The molecule has 3 aliphatic rings. The first-order valence-corrected chi connectivity index (χ1v) is 14.8. The van der Waals surface area contributed by atoms with Gasteiger partial charge in [-0.2, -0.15) is 11.8 Å². The van der Waals surface area contributed by atoms with Crippen LogP contribution in [0.1, 0.15) is 56.6 Å². The lowest BCUT2D eigenvalue weighted by atomic mass is 9.71. The van der Waals surface area contributed by atoms with Crippen molar-refractivity contribution in [2.45, 2.75) is 45.4 Å². The van der Waals surface area contributed by atoms with Crippen LogP contribution in [0.15, 0.2) is 58.9 Å². The van der Waals surface area contributed by atoms with Gasteiger partial charge in [0, 0.05) is 35.1 Å². The van der Waals surface area contributed by atoms with E-state index in [1.807, 2.05) is 50.2 Å². The topological polar surface area (TPSA) is 92.3 Å². The fraction of sp³-hybridized carbons (Fsp3) is 0.419. The number of allylic oxidation sites excluding steroid dienone is 3. The van der Waals surface area contributed by atoms with Crippen LogP contribution in [0.25, 0.3) is 0 Å². The maximum Gasteiger partial charge on any atom is 0.336 e. The standard InChI is InChI=1S/C31H35NO7S/c1-5-36-24-9-7-19(15-26(24)35-4)21-13-22-30(23(33)14-21)29(20-8-10-25-27(16-20)39-17-38-25)28(18(3)32-22)31(34)37-11-12-40-6-2/h7-10,15-16,21,29,32H,5-6,11-14,17H2,1-4H3/t21-,29+/m1/s1. The van der Waals surface area contributed by atoms with Gasteiger partial charge in [0.1, 0.15) is 6.61 Å². The Bertz CT molecular complexity index is 1370. The van der Waals surface area contributed by atoms with E-state index in [4.69, 9.17) is 23.7 Å². The molecule has 0 saturated carbocycles. The second-order valence-corrected chi connectivity index (χ2v) is 11.2. The first kappa shape index (κ1) is 28.0. The van der Waals surface area contributed by atoms with Crippen LogP contribution in [0.4, 0.5) is 0 Å². The molecule has 1 aliphatic carbocycles. The van der Waals surface area contributed by atoms with Crippen molar-refractivity contribution in [1.82, 2.24) is 5.32 Å². The summed E-state index contributed by atoms with van der Waals surface area (Å²) < 4.78 is 28.1. The van der Waals surface area contributed by atoms with Crippen molar-refractivity contribution in [3.63, 3.8) is 0 Å². The zero-order chi connectivity index (χ0) is 28.2. The van der Waals surface area contributed by atoms with E-state index >= 15 is 0 Å². The molecule has 0 bridgehead atoms. The first-order valence-electron chi connectivity index (χ1n) is 13.6. The Morgan fingerprint density at radius 3 is 2.62 bits per heavy atom. The molecule has 0 spiro atoms. The largest absolute Gasteiger partial charge is 0.493 e. The molecule has 0 saturated heterocycles. The van der Waals surface area contributed by atoms with Gasteiger partial charge >= 0.3 is 5.97 Å². The number of fused-ring (bicyclic) bond motifs is 1. The van der Waals surface area contributed by atoms with Crippen molar-refractivity contribution in [2.75, 3.05) is 38.6 Å². The van der Waals surface area contributed by atoms with Crippen molar-refractivity contribution < 1.29 is 33.3 Å². The van der Waals surface area contributed by atoms with E-state index in [0.717, 1.165) is 28.3 Å². The molecule has 0 aromatic heterocycles. The quantitative estimate of drug-likeness (QED) is 0.297. The van der Waals surface area contributed by atoms with Crippen molar-refractivity contribution >= 4 is 23.5 Å². The van der Waals surface area contributed by atoms with Crippen LogP contribution in [-0.2, 0) is 14.3 Å². The monoisotopic (exact) mass is 565 g/mol. The highest BCUT2D eigenvalue weighted by Gasteiger charge is 2.42. The van der Waals surface area contributed by atoms with Crippen LogP contribution in [0.5, 0.6) is 23.0 Å². The number of hydrogen-bond donors (Lipinski definition) is 1. The zero-order valence-corrected chi connectivity index (χ0v) is 24.2. The molecule has 40 heavy (non-hydrogen) atoms. The number of carbonyl (C=O) groups is 2. The smallest absolute Gasteiger partial charge is 0.336 e. The van der Waals surface area contributed by atoms with Gasteiger partial charge in [-0.1, -0.05) is 19.1 Å². The van der Waals surface area contributed by atoms with E-state index in [9.17, 15) is 9.59 Å². The van der Waals surface area contributed by atoms with Gasteiger partial charge in [-0.05, 0) is 67.3 Å². The number of hydrogen-bond acceptors (Lipinski definition) is 9. The van der Waals surface area contributed by atoms with Gasteiger partial charge < -0.3 is 29.0 Å². The molecule has 0 amide bonds. The van der Waals surface area contributed by atoms with Gasteiger partial charge in [0.15, 0.2) is 28.8 Å². The molecule has 2 heterocycles. The number of Topliss-reactive ketones (excluding diaryl/α,β-unsaturated/α-hetero) is 1. The lowest BCUT2D eigenvalue weighted by Gasteiger charge is -2.36. The van der Waals surface area contributed by atoms with E-state index in [1.54, 1.807) is 18.9 Å². The highest BCUT2D eigenvalue weighted by atomic mass is 32.2. The van der Waals surface area contributed by atoms with Gasteiger partial charge in [-0.25, -0.2) is 4.79 Å². The molecular formula is C31H35NO7S. The van der Waals surface area contributed by atoms with Crippen LogP contribution in [0.3, 0.4) is 0 Å². The summed E-state index contributed by atoms with van der Waals surface area (Å²) in [5, 5.41) is 3.41. The minimum atomic E-state index is -0.569. The lowest BCUT2D eigenvalue weighted by molar-refractivity contribution is -0.138. The van der Waals surface area contributed by atoms with Gasteiger partial charge in [-0.15, -0.1) is 0 Å². The molecule has 2 aliphatic heterocycles. The van der Waals surface area contributed by atoms with Crippen LogP contribution in [0, 0.1) is 0 Å². The average molecular weight is 566 g/mol. The van der Waals surface area contributed by atoms with Gasteiger partial charge in [0.25, 0.3) is 0 Å². The van der Waals surface area contributed by atoms with Crippen molar-refractivity contribution in [1.29, 1.82) is 0 Å². The van der Waals surface area contributed by atoms with Crippen LogP contribution >= 0.6 is 11.8 Å². The minimum Gasteiger partial charge on any atom is -0.493 e. The number of esters is 1. The number of benzene rings is 2. The second-order valence-electron chi connectivity index (χ2n) is 9.81. The molecule has 9 heteroatoms. The molecule has 2 atom stereocenters. The van der Waals surface area contributed by atoms with E-state index in [2.05, 4.69) is 12.2 Å². The van der Waals surface area contributed by atoms with Gasteiger partial charge in [0.05, 0.1) is 19.3 Å². The van der Waals surface area contributed by atoms with Crippen LogP contribution in [0.2, 0.25) is 0 Å². The van der Waals surface area contributed by atoms with Crippen LogP contribution in [-0.4, -0.2) is 50.4 Å². The Labute approximate surface area is 239 Å². The zero-order valence-electron chi connectivity index (χ0n) is 23.3. The first-order chi connectivity index (χ1) is 19.4. The summed E-state index contributed by atoms with van der Waals surface area (Å²) in [5.74, 6) is 3.20. The lowest BCUT2D eigenvalue weighted by Crippen LogP contribution is -2.36. The Kier molecular flexibility index (Phi) is 8.59. The highest BCUT2D eigenvalue weighted by molar-refractivity contribution is 7.99. The van der Waals surface area contributed by atoms with E-state index in [1.165, 1.54) is 0 Å². The molecule has 0 radical (unpaired) electrons. The fourth-order valence-electron chi connectivity index (χ4n) is 5.60. The summed E-state index contributed by atoms with van der Waals surface area (Å²) in [6.07, 6.45) is 0.930. The Hall–Kier alpha value is -3.59. The summed E-state index contributed by atoms with van der Waals surface area (Å²) >= 11 is 1.71. The van der Waals surface area contributed by atoms with Crippen molar-refractivity contribution in [3.8, 4) is 23.0 Å². The van der Waals surface area contributed by atoms with Gasteiger partial charge in [-0.3, -0.25) is 4.79 Å². The summed E-state index contributed by atoms with van der Waals surface area (Å²) in [5.41, 5.74) is 4.37. The molecule has 2 aromatic rings. The normalized spacial score (nSPS) is 19.8. The number of ether oxygens (including phenoxy) is 5. The van der Waals surface area contributed by atoms with E-state index in [0.29, 0.717) is 65.9 Å². The number of ketones is 1. The van der Waals surface area contributed by atoms with E-state index in [-0.39, 0.29) is 18.5 Å². The predicted octanol–water partition coefficient (Wildman–Crippen LogP) is 5.48. The average Bonchev–Trinajstić information content (AvgIpc) is 3.43. The van der Waals surface area contributed by atoms with E-state index < -0.39 is 11.9 Å². The number of methoxy groups -OCH3 is 1. The molecule has 8 nitrogen and oxygen atoms in total. The second kappa shape index (κ2) is 12.3. The van der Waals surface area contributed by atoms with Crippen LogP contribution < -0.4 is 24.3 Å². The number of carbonyl (C=O) groups excluding carboxylic acids is 2. The van der Waals surface area contributed by atoms with Crippen molar-refractivity contribution in [3.05, 3.63) is 70.1 Å². The molecule has 0 unspecified atom stereocenters. The highest BCUT2D eigenvalue weighted by Crippen LogP contribution is 2.48. The number of rotatable bonds is 10. The Morgan fingerprint density at radius 1 is 1.05 bits per heavy atom. The third-order valence-corrected chi connectivity index (χ3v) is 8.26. The SMILES string of the molecule is CCOc1ccc([C@H]2CC(=O)C3=C(C2)NC(C)=C(C(=O)OCCSCC)[C@@H]3c2ccc3c(c2)OCO3)cc1OC. The molecule has 1 N–H and O–H groups in total. The predicted molar refractivity (Wildman–Crippen MR) is 153 cm³/mol. The third-order valence-electron chi connectivity index (χ3n) is 7.40. The number of dihydropyridines is 1. The Morgan fingerprint density at radius 2 is 1.85 bits per heavy atom. The summed E-state index contributed by atoms with van der Waals surface area (Å²) in [6, 6.07) is 11.4. The summed E-state index contributed by atoms with van der Waals surface area (Å²) in [7, 11) is 1.61. The molecule has 2 aromatic carbocycles. The molecular weight excluding hydrogens is 530 g/mol. The summed E-state index contributed by atoms with van der Waals surface area (Å²) in [6.45, 7) is 6.85. The van der Waals surface area contributed by atoms with Crippen molar-refractivity contribution in [2.24, 2.45) is 0 Å². The van der Waals surface area contributed by atoms with Gasteiger partial charge in [0.2, 0.25) is 6.79 Å². The molecule has 212 valence electrons. The fourth-order valence-corrected chi connectivity index (χ4v) is 6.09. The summed E-state index contributed by atoms with van der Waals surface area (Å²) in [4.78, 5) is 27.4. The molecule has 5 rings (SSSR count). The number of thioether (sulfide) groups is 1.